The molecule has 5 rings (SSSR count). The third kappa shape index (κ3) is 5.37. The first-order valence-corrected chi connectivity index (χ1v) is 14.3. The van der Waals surface area contributed by atoms with Crippen LogP contribution in [-0.2, 0) is 6.54 Å². The zero-order valence-corrected chi connectivity index (χ0v) is 23.8. The minimum atomic E-state index is -0.495. The number of halogens is 1. The van der Waals surface area contributed by atoms with Crippen LogP contribution < -0.4 is 11.3 Å². The fourth-order valence-corrected chi connectivity index (χ4v) is 5.78. The van der Waals surface area contributed by atoms with E-state index in [0.29, 0.717) is 59.0 Å². The number of hydrogen-bond donors (Lipinski definition) is 1. The van der Waals surface area contributed by atoms with Crippen LogP contribution in [-0.4, -0.2) is 33.4 Å². The molecule has 1 amide bonds. The molecule has 0 aliphatic rings. The summed E-state index contributed by atoms with van der Waals surface area (Å²) < 4.78 is 7.65. The van der Waals surface area contributed by atoms with E-state index in [0.717, 1.165) is 11.1 Å². The van der Waals surface area contributed by atoms with Crippen LogP contribution >= 0.6 is 22.9 Å². The molecular weight excluding hydrogens is 532 g/mol. The van der Waals surface area contributed by atoms with Gasteiger partial charge in [-0.15, -0.1) is 0 Å². The number of aromatic nitrogens is 2. The Kier molecular flexibility index (Phi) is 7.88. The molecule has 39 heavy (non-hydrogen) atoms. The molecule has 0 bridgehead atoms. The molecule has 0 aliphatic heterocycles. The van der Waals surface area contributed by atoms with Gasteiger partial charge in [-0.3, -0.25) is 14.2 Å². The average Bonchev–Trinajstić information content (AvgIpc) is 3.56. The van der Waals surface area contributed by atoms with Crippen LogP contribution in [0.1, 0.15) is 53.6 Å². The van der Waals surface area contributed by atoms with Gasteiger partial charge in [0.05, 0.1) is 12.6 Å². The van der Waals surface area contributed by atoms with E-state index in [-0.39, 0.29) is 23.0 Å². The summed E-state index contributed by atoms with van der Waals surface area (Å²) in [6.07, 6.45) is 0.613. The summed E-state index contributed by atoms with van der Waals surface area (Å²) in [7, 11) is 0. The van der Waals surface area contributed by atoms with E-state index in [1.807, 2.05) is 66.8 Å². The first-order chi connectivity index (χ1) is 18.8. The number of carbonyl (C=O) groups excluding carboxylic acids is 1. The second kappa shape index (κ2) is 11.3. The maximum atomic E-state index is 14.0. The van der Waals surface area contributed by atoms with Crippen molar-refractivity contribution in [1.29, 1.82) is 0 Å². The van der Waals surface area contributed by atoms with Crippen LogP contribution in [0.5, 0.6) is 0 Å². The van der Waals surface area contributed by atoms with Crippen molar-refractivity contribution in [2.75, 3.05) is 13.1 Å². The van der Waals surface area contributed by atoms with Crippen LogP contribution in [0, 0.1) is 12.8 Å². The monoisotopic (exact) mass is 562 g/mol. The van der Waals surface area contributed by atoms with Crippen molar-refractivity contribution in [3.8, 4) is 0 Å². The Balaban J connectivity index is 1.75. The number of benzene rings is 2. The van der Waals surface area contributed by atoms with Gasteiger partial charge in [-0.2, -0.15) is 11.3 Å². The predicted molar refractivity (Wildman–Crippen MR) is 158 cm³/mol. The molecule has 202 valence electrons. The average molecular weight is 563 g/mol. The summed E-state index contributed by atoms with van der Waals surface area (Å²) in [6, 6.07) is 14.3. The maximum Gasteiger partial charge on any atom is 0.297 e. The normalized spacial score (nSPS) is 12.5. The minimum absolute atomic E-state index is 0.0583. The molecule has 5 aromatic rings. The van der Waals surface area contributed by atoms with Crippen molar-refractivity contribution in [3.63, 3.8) is 0 Å². The van der Waals surface area contributed by atoms with Crippen LogP contribution in [0.15, 0.2) is 68.5 Å². The first kappa shape index (κ1) is 27.1. The Hall–Kier alpha value is -3.46. The molecule has 0 radical (unpaired) electrons. The SMILES string of the molecule is Cc1ccc(C(=O)N(CCCN)C(c2nc3c(oc4ccc(Cl)cc43)c(=O)n2Cc2ccsc2)C(C)C)cc1. The van der Waals surface area contributed by atoms with Gasteiger partial charge in [0.15, 0.2) is 0 Å². The first-order valence-electron chi connectivity index (χ1n) is 13.0. The quantitative estimate of drug-likeness (QED) is 0.224. The summed E-state index contributed by atoms with van der Waals surface area (Å²) in [5.74, 6) is 0.324. The lowest BCUT2D eigenvalue weighted by Crippen LogP contribution is -2.42. The highest BCUT2D eigenvalue weighted by Crippen LogP contribution is 2.33. The van der Waals surface area contributed by atoms with E-state index in [4.69, 9.17) is 26.7 Å². The number of aryl methyl sites for hydroxylation is 1. The van der Waals surface area contributed by atoms with Crippen LogP contribution in [0.2, 0.25) is 5.02 Å². The third-order valence-corrected chi connectivity index (χ3v) is 7.85. The Bertz CT molecular complexity index is 1670. The summed E-state index contributed by atoms with van der Waals surface area (Å²) >= 11 is 7.87. The number of furan rings is 1. The Labute approximate surface area is 235 Å². The lowest BCUT2D eigenvalue weighted by molar-refractivity contribution is 0.0602. The second-order valence-electron chi connectivity index (χ2n) is 10.1. The molecule has 1 atom stereocenters. The van der Waals surface area contributed by atoms with E-state index >= 15 is 0 Å². The summed E-state index contributed by atoms with van der Waals surface area (Å²) in [6.45, 7) is 7.24. The number of thiophene rings is 1. The number of hydrogen-bond acceptors (Lipinski definition) is 6. The van der Waals surface area contributed by atoms with Crippen LogP contribution in [0.25, 0.3) is 22.1 Å². The number of fused-ring (bicyclic) bond motifs is 3. The summed E-state index contributed by atoms with van der Waals surface area (Å²) in [5.41, 5.74) is 9.39. The minimum Gasteiger partial charge on any atom is -0.448 e. The topological polar surface area (TPSA) is 94.4 Å². The molecule has 9 heteroatoms. The van der Waals surface area contributed by atoms with E-state index in [9.17, 15) is 9.59 Å². The summed E-state index contributed by atoms with van der Waals surface area (Å²) in [4.78, 5) is 34.9. The lowest BCUT2D eigenvalue weighted by Gasteiger charge is -2.35. The number of nitrogens with two attached hydrogens (primary N) is 1. The lowest BCUT2D eigenvalue weighted by atomic mass is 9.98. The zero-order chi connectivity index (χ0) is 27.7. The molecule has 2 N–H and O–H groups in total. The molecule has 0 saturated heterocycles. The van der Waals surface area contributed by atoms with Gasteiger partial charge in [0.1, 0.15) is 16.9 Å². The van der Waals surface area contributed by atoms with Crippen molar-refractivity contribution in [3.05, 3.63) is 97.2 Å². The third-order valence-electron chi connectivity index (χ3n) is 6.88. The van der Waals surface area contributed by atoms with Crippen LogP contribution in [0.4, 0.5) is 0 Å². The molecule has 2 aromatic carbocycles. The predicted octanol–water partition coefficient (Wildman–Crippen LogP) is 6.40. The fourth-order valence-electron chi connectivity index (χ4n) is 4.95. The second-order valence-corrected chi connectivity index (χ2v) is 11.3. The molecule has 0 spiro atoms. The standard InChI is InChI=1S/C30H31ClN4O3S/c1-18(2)26(34(13-4-12-32)29(36)21-7-5-19(3)6-8-21)28-33-25-23-15-22(31)9-10-24(23)38-27(25)30(37)35(28)16-20-11-14-39-17-20/h5-11,14-15,17-18,26H,4,12-13,16,32H2,1-3H3. The smallest absolute Gasteiger partial charge is 0.297 e. The molecule has 0 fully saturated rings. The van der Waals surface area contributed by atoms with Crippen LogP contribution in [0.3, 0.4) is 0 Å². The Morgan fingerprint density at radius 1 is 1.18 bits per heavy atom. The van der Waals surface area contributed by atoms with E-state index in [1.54, 1.807) is 34.1 Å². The number of rotatable bonds is 9. The van der Waals surface area contributed by atoms with Crippen molar-refractivity contribution in [2.45, 2.75) is 39.8 Å². The number of nitrogens with zero attached hydrogens (tertiary/aromatic N) is 3. The van der Waals surface area contributed by atoms with Gasteiger partial charge in [-0.25, -0.2) is 4.98 Å². The Morgan fingerprint density at radius 2 is 1.95 bits per heavy atom. The molecule has 0 saturated carbocycles. The summed E-state index contributed by atoms with van der Waals surface area (Å²) in [5, 5.41) is 5.17. The van der Waals surface area contributed by atoms with Crippen molar-refractivity contribution in [1.82, 2.24) is 14.5 Å². The molecular formula is C30H31ClN4O3S. The zero-order valence-electron chi connectivity index (χ0n) is 22.2. The highest BCUT2D eigenvalue weighted by Gasteiger charge is 2.33. The maximum absolute atomic E-state index is 14.0. The highest BCUT2D eigenvalue weighted by molar-refractivity contribution is 7.07. The fraction of sp³-hybridized carbons (Fsp3) is 0.300. The van der Waals surface area contributed by atoms with E-state index in [2.05, 4.69) is 0 Å². The molecule has 3 aromatic heterocycles. The van der Waals surface area contributed by atoms with Gasteiger partial charge in [-0.05, 0) is 78.5 Å². The molecule has 0 aliphatic carbocycles. The van der Waals surface area contributed by atoms with Crippen molar-refractivity contribution < 1.29 is 9.21 Å². The molecule has 3 heterocycles. The highest BCUT2D eigenvalue weighted by atomic mass is 35.5. The molecule has 7 nitrogen and oxygen atoms in total. The Morgan fingerprint density at radius 3 is 2.62 bits per heavy atom. The number of amides is 1. The van der Waals surface area contributed by atoms with Gasteiger partial charge >= 0.3 is 0 Å². The van der Waals surface area contributed by atoms with Gasteiger partial charge in [-0.1, -0.05) is 43.1 Å². The van der Waals surface area contributed by atoms with Gasteiger partial charge in [0.2, 0.25) is 5.58 Å². The number of carbonyl (C=O) groups is 1. The van der Waals surface area contributed by atoms with Gasteiger partial charge in [0.25, 0.3) is 11.5 Å². The molecule has 1 unspecified atom stereocenters. The van der Waals surface area contributed by atoms with Gasteiger partial charge in [0, 0.05) is 22.5 Å². The largest absolute Gasteiger partial charge is 0.448 e. The van der Waals surface area contributed by atoms with Crippen molar-refractivity contribution in [2.24, 2.45) is 11.7 Å². The van der Waals surface area contributed by atoms with Crippen molar-refractivity contribution >= 4 is 50.9 Å². The van der Waals surface area contributed by atoms with E-state index in [1.165, 1.54) is 0 Å². The van der Waals surface area contributed by atoms with E-state index < -0.39 is 6.04 Å². The van der Waals surface area contributed by atoms with Gasteiger partial charge < -0.3 is 15.1 Å².